The van der Waals surface area contributed by atoms with E-state index in [1.54, 1.807) is 0 Å². The van der Waals surface area contributed by atoms with E-state index >= 15 is 0 Å². The number of aromatic nitrogens is 2. The molecule has 12 nitrogen and oxygen atoms in total. The summed E-state index contributed by atoms with van der Waals surface area (Å²) in [7, 11) is -9.89. The summed E-state index contributed by atoms with van der Waals surface area (Å²) in [5.41, 5.74) is 4.71. The van der Waals surface area contributed by atoms with Gasteiger partial charge in [-0.15, -0.1) is 20.5 Å². The number of pyridine rings is 2. The lowest BCUT2D eigenvalue weighted by molar-refractivity contribution is -2.00. The van der Waals surface area contributed by atoms with Gasteiger partial charge in [0.15, 0.2) is 24.8 Å². The standard InChI is InChI=1S/C18H18N4.2ClHO4/c1-4-15(11-21-17-6-2-8-19-13-17)10-16(5-1)12-22-18-7-3-9-20-14-18;2*2-1(3,4)5/h1-10,13-14,21-22H,11-12H2;2*(H,2,3,4,5). The Morgan fingerprint density at radius 1 is 0.594 bits per heavy atom. The highest BCUT2D eigenvalue weighted by Crippen LogP contribution is 2.11. The molecule has 0 unspecified atom stereocenters. The summed E-state index contributed by atoms with van der Waals surface area (Å²) < 4.78 is 67.9. The van der Waals surface area contributed by atoms with Gasteiger partial charge in [-0.25, -0.2) is 47.2 Å². The molecule has 0 aliphatic rings. The first-order chi connectivity index (χ1) is 14.9. The van der Waals surface area contributed by atoms with Crippen LogP contribution in [-0.2, 0) is 13.1 Å². The van der Waals surface area contributed by atoms with Crippen LogP contribution >= 0.6 is 0 Å². The van der Waals surface area contributed by atoms with Crippen molar-refractivity contribution < 1.29 is 67.7 Å². The fraction of sp³-hybridized carbons (Fsp3) is 0.111. The van der Waals surface area contributed by atoms with Gasteiger partial charge in [-0.05, 0) is 23.3 Å². The Labute approximate surface area is 187 Å². The molecule has 3 rings (SSSR count). The van der Waals surface area contributed by atoms with E-state index in [1.807, 2.05) is 49.1 Å². The van der Waals surface area contributed by atoms with Crippen LogP contribution in [0, 0.1) is 20.5 Å². The molecule has 0 aliphatic heterocycles. The first-order valence-electron chi connectivity index (χ1n) is 8.61. The largest absolute Gasteiger partial charge is 0.376 e. The van der Waals surface area contributed by atoms with Gasteiger partial charge in [0.25, 0.3) is 0 Å². The molecule has 3 aromatic rings. The van der Waals surface area contributed by atoms with Gasteiger partial charge in [-0.3, -0.25) is 0 Å². The molecule has 0 bridgehead atoms. The van der Waals surface area contributed by atoms with Crippen molar-refractivity contribution in [2.75, 3.05) is 10.6 Å². The maximum absolute atomic E-state index is 8.49. The van der Waals surface area contributed by atoms with E-state index in [-0.39, 0.29) is 0 Å². The van der Waals surface area contributed by atoms with Crippen LogP contribution in [0.4, 0.5) is 11.4 Å². The zero-order valence-electron chi connectivity index (χ0n) is 16.4. The molecule has 2 aromatic heterocycles. The van der Waals surface area contributed by atoms with Gasteiger partial charge < -0.3 is 10.6 Å². The number of halogens is 2. The zero-order valence-corrected chi connectivity index (χ0v) is 17.9. The monoisotopic (exact) mass is 490 g/mol. The molecular formula is C18H20Cl2N4O8. The van der Waals surface area contributed by atoms with Crippen molar-refractivity contribution in [2.24, 2.45) is 0 Å². The van der Waals surface area contributed by atoms with Crippen LogP contribution < -0.4 is 57.9 Å². The summed E-state index contributed by atoms with van der Waals surface area (Å²) in [6.07, 6.45) is 7.71. The molecule has 0 spiro atoms. The second kappa shape index (κ2) is 13.7. The minimum atomic E-state index is -4.94. The van der Waals surface area contributed by atoms with Crippen LogP contribution in [0.15, 0.2) is 73.3 Å². The third-order valence-electron chi connectivity index (χ3n) is 3.40. The maximum Gasteiger partial charge on any atom is 0.190 e. The summed E-state index contributed by atoms with van der Waals surface area (Å²) >= 11 is 0. The summed E-state index contributed by atoms with van der Waals surface area (Å²) in [4.78, 5) is 6.14. The van der Waals surface area contributed by atoms with Gasteiger partial charge in [0.2, 0.25) is 0 Å². The van der Waals surface area contributed by atoms with Gasteiger partial charge in [-0.1, -0.05) is 24.3 Å². The van der Waals surface area contributed by atoms with Crippen LogP contribution in [0.25, 0.3) is 0 Å². The fourth-order valence-electron chi connectivity index (χ4n) is 2.26. The average Bonchev–Trinajstić information content (AvgIpc) is 2.70. The highest BCUT2D eigenvalue weighted by atomic mass is 35.7. The Kier molecular flexibility index (Phi) is 11.8. The number of hydrogen-bond acceptors (Lipinski definition) is 10. The van der Waals surface area contributed by atoms with Crippen LogP contribution in [-0.4, -0.2) is 0 Å². The zero-order chi connectivity index (χ0) is 24.0. The lowest BCUT2D eigenvalue weighted by Gasteiger charge is -2.17. The van der Waals surface area contributed by atoms with Crippen molar-refractivity contribution in [1.29, 1.82) is 0 Å². The minimum Gasteiger partial charge on any atom is -0.376 e. The highest BCUT2D eigenvalue weighted by molar-refractivity contribution is 5.41. The smallest absolute Gasteiger partial charge is 0.190 e. The quantitative estimate of drug-likeness (QED) is 0.330. The minimum absolute atomic E-state index is 0.810. The summed E-state index contributed by atoms with van der Waals surface area (Å²) in [5, 5.41) is 6.81. The lowest BCUT2D eigenvalue weighted by Crippen LogP contribution is -2.68. The number of anilines is 2. The van der Waals surface area contributed by atoms with Gasteiger partial charge in [0, 0.05) is 25.2 Å². The van der Waals surface area contributed by atoms with E-state index in [1.165, 1.54) is 11.1 Å². The van der Waals surface area contributed by atoms with Crippen molar-refractivity contribution in [3.05, 3.63) is 84.4 Å². The molecule has 0 fully saturated rings. The van der Waals surface area contributed by atoms with Gasteiger partial charge in [0.05, 0.1) is 11.4 Å². The Bertz CT molecular complexity index is 814. The Morgan fingerprint density at radius 3 is 1.28 bits per heavy atom. The number of H-pyrrole nitrogens is 2. The maximum atomic E-state index is 8.49. The third-order valence-corrected chi connectivity index (χ3v) is 3.40. The van der Waals surface area contributed by atoms with Crippen molar-refractivity contribution in [2.45, 2.75) is 13.1 Å². The predicted molar refractivity (Wildman–Crippen MR) is 87.1 cm³/mol. The lowest BCUT2D eigenvalue weighted by atomic mass is 10.1. The first-order valence-corrected chi connectivity index (χ1v) is 11.1. The third kappa shape index (κ3) is 17.1. The SMILES string of the molecule is [O-][Cl+3]([O-])([O-])[O-].[O-][Cl+3]([O-])([O-])[O-].c1cc(CNc2ccc[nH+]c2)cc(CNc2ccc[nH+]c2)c1. The van der Waals surface area contributed by atoms with E-state index in [2.05, 4.69) is 44.9 Å². The van der Waals surface area contributed by atoms with E-state index < -0.39 is 20.5 Å². The molecule has 2 heterocycles. The highest BCUT2D eigenvalue weighted by Gasteiger charge is 1.99. The molecule has 1 aromatic carbocycles. The fourth-order valence-corrected chi connectivity index (χ4v) is 2.26. The Morgan fingerprint density at radius 2 is 0.969 bits per heavy atom. The summed E-state index contributed by atoms with van der Waals surface area (Å²) in [6.45, 7) is 1.62. The summed E-state index contributed by atoms with van der Waals surface area (Å²) in [6, 6.07) is 16.7. The van der Waals surface area contributed by atoms with Crippen molar-refractivity contribution in [3.63, 3.8) is 0 Å². The molecule has 4 N–H and O–H groups in total. The number of benzene rings is 1. The van der Waals surface area contributed by atoms with Crippen molar-refractivity contribution in [3.8, 4) is 0 Å². The second-order valence-electron chi connectivity index (χ2n) is 5.87. The van der Waals surface area contributed by atoms with Crippen molar-refractivity contribution >= 4 is 11.4 Å². The molecule has 32 heavy (non-hydrogen) atoms. The van der Waals surface area contributed by atoms with Crippen LogP contribution in [0.5, 0.6) is 0 Å². The summed E-state index contributed by atoms with van der Waals surface area (Å²) in [5.74, 6) is 0. The molecule has 0 amide bonds. The van der Waals surface area contributed by atoms with Crippen LogP contribution in [0.2, 0.25) is 0 Å². The van der Waals surface area contributed by atoms with Crippen LogP contribution in [0.1, 0.15) is 11.1 Å². The molecular weight excluding hydrogens is 471 g/mol. The number of rotatable bonds is 6. The van der Waals surface area contributed by atoms with Gasteiger partial charge in [-0.2, -0.15) is 0 Å². The van der Waals surface area contributed by atoms with E-state index in [4.69, 9.17) is 37.3 Å². The molecule has 0 atom stereocenters. The number of aromatic amines is 2. The first kappa shape index (κ1) is 27.4. The van der Waals surface area contributed by atoms with E-state index in [0.717, 1.165) is 24.5 Å². The molecule has 0 aliphatic carbocycles. The Hall–Kier alpha value is -2.62. The Balaban J connectivity index is 0.000000431. The molecule has 174 valence electrons. The number of nitrogens with one attached hydrogen (secondary N) is 4. The van der Waals surface area contributed by atoms with E-state index in [0.29, 0.717) is 0 Å². The van der Waals surface area contributed by atoms with Gasteiger partial charge >= 0.3 is 0 Å². The molecule has 0 radical (unpaired) electrons. The average molecular weight is 491 g/mol. The molecule has 14 heteroatoms. The van der Waals surface area contributed by atoms with Crippen molar-refractivity contribution in [1.82, 2.24) is 0 Å². The second-order valence-corrected chi connectivity index (χ2v) is 7.38. The van der Waals surface area contributed by atoms with E-state index in [9.17, 15) is 0 Å². The molecule has 0 saturated heterocycles. The van der Waals surface area contributed by atoms with Gasteiger partial charge in [0.1, 0.15) is 0 Å². The predicted octanol–water partition coefficient (Wildman–Crippen LogP) is -6.97. The topological polar surface area (TPSA) is 237 Å². The van der Waals surface area contributed by atoms with Crippen LogP contribution in [0.3, 0.4) is 0 Å². The number of hydrogen-bond donors (Lipinski definition) is 2. The molecule has 0 saturated carbocycles. The normalized spacial score (nSPS) is 10.8.